The number of allylic oxidation sites excluding steroid dienone is 1. The molecule has 0 saturated carbocycles. The van der Waals surface area contributed by atoms with E-state index in [2.05, 4.69) is 0 Å². The number of carboxylic acid groups (broad SMARTS) is 1. The molecule has 3 heteroatoms. The van der Waals surface area contributed by atoms with Crippen LogP contribution in [0.1, 0.15) is 15.9 Å². The summed E-state index contributed by atoms with van der Waals surface area (Å²) in [5, 5.41) is 17.2. The van der Waals surface area contributed by atoms with Crippen LogP contribution in [0.25, 0.3) is 0 Å². The Morgan fingerprint density at radius 3 is 2.69 bits per heavy atom. The Morgan fingerprint density at radius 2 is 2.08 bits per heavy atom. The number of hydrogen-bond acceptors (Lipinski definition) is 2. The number of aliphatic hydroxyl groups is 1. The fraction of sp³-hybridized carbons (Fsp3) is 0.100. The lowest BCUT2D eigenvalue weighted by Crippen LogP contribution is -2.00. The van der Waals surface area contributed by atoms with Gasteiger partial charge < -0.3 is 10.2 Å². The number of hydrogen-bond donors (Lipinski definition) is 2. The van der Waals surface area contributed by atoms with E-state index in [0.29, 0.717) is 12.0 Å². The molecule has 0 aliphatic heterocycles. The summed E-state index contributed by atoms with van der Waals surface area (Å²) in [6.45, 7) is 0. The molecule has 68 valence electrons. The molecule has 0 unspecified atom stereocenters. The molecule has 1 rings (SSSR count). The van der Waals surface area contributed by atoms with E-state index in [0.717, 1.165) is 6.26 Å². The van der Waals surface area contributed by atoms with E-state index in [1.165, 1.54) is 6.08 Å². The number of benzene rings is 1. The van der Waals surface area contributed by atoms with E-state index in [9.17, 15) is 4.79 Å². The van der Waals surface area contributed by atoms with E-state index in [1.54, 1.807) is 24.3 Å². The Kier molecular flexibility index (Phi) is 3.09. The largest absolute Gasteiger partial charge is 0.516 e. The highest BCUT2D eigenvalue weighted by Crippen LogP contribution is 2.09. The first-order valence-corrected chi connectivity index (χ1v) is 3.86. The number of carbonyl (C=O) groups is 1. The van der Waals surface area contributed by atoms with Crippen LogP contribution in [-0.2, 0) is 6.42 Å². The van der Waals surface area contributed by atoms with Crippen LogP contribution < -0.4 is 0 Å². The van der Waals surface area contributed by atoms with E-state index in [1.807, 2.05) is 0 Å². The van der Waals surface area contributed by atoms with Gasteiger partial charge in [0.25, 0.3) is 0 Å². The Hall–Kier alpha value is -1.77. The van der Waals surface area contributed by atoms with Gasteiger partial charge >= 0.3 is 5.97 Å². The average Bonchev–Trinajstić information content (AvgIpc) is 2.15. The molecule has 0 atom stereocenters. The molecule has 0 aliphatic carbocycles. The molecule has 0 bridgehead atoms. The molecule has 13 heavy (non-hydrogen) atoms. The highest BCUT2D eigenvalue weighted by Gasteiger charge is 2.06. The molecule has 3 nitrogen and oxygen atoms in total. The van der Waals surface area contributed by atoms with E-state index < -0.39 is 5.97 Å². The summed E-state index contributed by atoms with van der Waals surface area (Å²) in [5.41, 5.74) is 0.973. The smallest absolute Gasteiger partial charge is 0.335 e. The van der Waals surface area contributed by atoms with Gasteiger partial charge in [-0.3, -0.25) is 0 Å². The summed E-state index contributed by atoms with van der Waals surface area (Å²) in [4.78, 5) is 10.7. The standard InChI is InChI=1S/C10H10O3/c11-7-3-5-8-4-1-2-6-9(8)10(12)13/h1-4,6-7,11H,5H2,(H,12,13). The van der Waals surface area contributed by atoms with Crippen molar-refractivity contribution >= 4 is 5.97 Å². The maximum Gasteiger partial charge on any atom is 0.335 e. The maximum absolute atomic E-state index is 10.7. The highest BCUT2D eigenvalue weighted by atomic mass is 16.4. The second kappa shape index (κ2) is 4.30. The molecule has 0 fully saturated rings. The van der Waals surface area contributed by atoms with Crippen molar-refractivity contribution in [3.63, 3.8) is 0 Å². The first-order valence-electron chi connectivity index (χ1n) is 3.86. The van der Waals surface area contributed by atoms with Crippen molar-refractivity contribution < 1.29 is 15.0 Å². The summed E-state index contributed by atoms with van der Waals surface area (Å²) >= 11 is 0. The molecule has 0 spiro atoms. The second-order valence-corrected chi connectivity index (χ2v) is 2.55. The topological polar surface area (TPSA) is 57.5 Å². The van der Waals surface area contributed by atoms with Gasteiger partial charge in [0, 0.05) is 0 Å². The van der Waals surface area contributed by atoms with Crippen molar-refractivity contribution in [3.8, 4) is 0 Å². The number of aliphatic hydroxyl groups excluding tert-OH is 1. The molecular formula is C10H10O3. The minimum absolute atomic E-state index is 0.278. The Labute approximate surface area is 76.0 Å². The normalized spacial score (nSPS) is 10.5. The van der Waals surface area contributed by atoms with Crippen LogP contribution in [0.4, 0.5) is 0 Å². The lowest BCUT2D eigenvalue weighted by atomic mass is 10.1. The lowest BCUT2D eigenvalue weighted by Gasteiger charge is -2.01. The van der Waals surface area contributed by atoms with E-state index in [-0.39, 0.29) is 5.56 Å². The summed E-state index contributed by atoms with van der Waals surface area (Å²) in [6, 6.07) is 6.72. The molecule has 1 aromatic rings. The zero-order valence-electron chi connectivity index (χ0n) is 6.97. The van der Waals surface area contributed by atoms with Crippen LogP contribution >= 0.6 is 0 Å². The summed E-state index contributed by atoms with van der Waals surface area (Å²) in [7, 11) is 0. The third-order valence-electron chi connectivity index (χ3n) is 1.69. The van der Waals surface area contributed by atoms with Crippen LogP contribution in [0.15, 0.2) is 36.6 Å². The van der Waals surface area contributed by atoms with Crippen LogP contribution in [0.5, 0.6) is 0 Å². The van der Waals surface area contributed by atoms with E-state index >= 15 is 0 Å². The predicted octanol–water partition coefficient (Wildman–Crippen LogP) is 2.00. The lowest BCUT2D eigenvalue weighted by molar-refractivity contribution is 0.0696. The fourth-order valence-electron chi connectivity index (χ4n) is 1.09. The van der Waals surface area contributed by atoms with E-state index in [4.69, 9.17) is 10.2 Å². The Morgan fingerprint density at radius 1 is 1.38 bits per heavy atom. The number of rotatable bonds is 3. The Balaban J connectivity index is 2.97. The van der Waals surface area contributed by atoms with Crippen molar-refractivity contribution in [2.24, 2.45) is 0 Å². The average molecular weight is 178 g/mol. The Bertz CT molecular complexity index is 329. The van der Waals surface area contributed by atoms with Gasteiger partial charge in [0.2, 0.25) is 0 Å². The van der Waals surface area contributed by atoms with Gasteiger partial charge in [0.05, 0.1) is 11.8 Å². The molecule has 0 aliphatic rings. The summed E-state index contributed by atoms with van der Waals surface area (Å²) in [5.74, 6) is -0.943. The summed E-state index contributed by atoms with van der Waals surface area (Å²) in [6.07, 6.45) is 2.85. The first kappa shape index (κ1) is 9.32. The van der Waals surface area contributed by atoms with Crippen molar-refractivity contribution in [3.05, 3.63) is 47.7 Å². The maximum atomic E-state index is 10.7. The minimum Gasteiger partial charge on any atom is -0.516 e. The molecule has 2 N–H and O–H groups in total. The first-order chi connectivity index (χ1) is 6.25. The molecule has 0 saturated heterocycles. The van der Waals surface area contributed by atoms with Gasteiger partial charge in [-0.05, 0) is 24.1 Å². The monoisotopic (exact) mass is 178 g/mol. The highest BCUT2D eigenvalue weighted by molar-refractivity contribution is 5.89. The third kappa shape index (κ3) is 2.33. The number of aromatic carboxylic acids is 1. The number of carboxylic acids is 1. The second-order valence-electron chi connectivity index (χ2n) is 2.55. The van der Waals surface area contributed by atoms with Crippen LogP contribution in [0.2, 0.25) is 0 Å². The van der Waals surface area contributed by atoms with Crippen LogP contribution in [0, 0.1) is 0 Å². The van der Waals surface area contributed by atoms with Crippen molar-refractivity contribution in [2.75, 3.05) is 0 Å². The van der Waals surface area contributed by atoms with Crippen LogP contribution in [-0.4, -0.2) is 16.2 Å². The molecule has 0 aromatic heterocycles. The van der Waals surface area contributed by atoms with Crippen molar-refractivity contribution in [2.45, 2.75) is 6.42 Å². The molecule has 0 radical (unpaired) electrons. The van der Waals surface area contributed by atoms with Gasteiger partial charge in [-0.2, -0.15) is 0 Å². The van der Waals surface area contributed by atoms with Gasteiger partial charge in [-0.1, -0.05) is 18.2 Å². The zero-order chi connectivity index (χ0) is 9.68. The molecular weight excluding hydrogens is 168 g/mol. The zero-order valence-corrected chi connectivity index (χ0v) is 6.97. The third-order valence-corrected chi connectivity index (χ3v) is 1.69. The van der Waals surface area contributed by atoms with Gasteiger partial charge in [0.1, 0.15) is 0 Å². The minimum atomic E-state index is -0.943. The van der Waals surface area contributed by atoms with Gasteiger partial charge in [-0.15, -0.1) is 0 Å². The summed E-state index contributed by atoms with van der Waals surface area (Å²) < 4.78 is 0. The van der Waals surface area contributed by atoms with Crippen molar-refractivity contribution in [1.82, 2.24) is 0 Å². The molecule has 1 aromatic carbocycles. The van der Waals surface area contributed by atoms with Crippen LogP contribution in [0.3, 0.4) is 0 Å². The van der Waals surface area contributed by atoms with Gasteiger partial charge in [-0.25, -0.2) is 4.79 Å². The predicted molar refractivity (Wildman–Crippen MR) is 48.9 cm³/mol. The van der Waals surface area contributed by atoms with Crippen molar-refractivity contribution in [1.29, 1.82) is 0 Å². The molecule has 0 heterocycles. The SMILES string of the molecule is O=C(O)c1ccccc1CC=CO. The molecule has 0 amide bonds. The fourth-order valence-corrected chi connectivity index (χ4v) is 1.09. The van der Waals surface area contributed by atoms with Gasteiger partial charge in [0.15, 0.2) is 0 Å². The quantitative estimate of drug-likeness (QED) is 0.696.